The van der Waals surface area contributed by atoms with Crippen LogP contribution in [0.1, 0.15) is 0 Å². The van der Waals surface area contributed by atoms with E-state index in [4.69, 9.17) is 4.42 Å². The molecule has 0 aliphatic rings. The van der Waals surface area contributed by atoms with Crippen LogP contribution in [0, 0.1) is 0 Å². The maximum absolute atomic E-state index is 7.04. The van der Waals surface area contributed by atoms with Crippen LogP contribution in [0.4, 0.5) is 34.1 Å². The molecule has 3 heterocycles. The van der Waals surface area contributed by atoms with Gasteiger partial charge in [0.25, 0.3) is 0 Å². The zero-order valence-corrected chi connectivity index (χ0v) is 50.8. The number of benzene rings is 16. The van der Waals surface area contributed by atoms with Gasteiger partial charge in [-0.2, -0.15) is 0 Å². The fraction of sp³-hybridized carbons (Fsp3) is 0. The van der Waals surface area contributed by atoms with E-state index in [1.165, 1.54) is 117 Å². The Bertz CT molecular complexity index is 6160. The van der Waals surface area contributed by atoms with Gasteiger partial charge in [-0.25, -0.2) is 0 Å². The summed E-state index contributed by atoms with van der Waals surface area (Å²) in [6.45, 7) is 0. The number of fused-ring (bicyclic) bond motifs is 18. The van der Waals surface area contributed by atoms with Gasteiger partial charge in [-0.05, 0) is 162 Å². The number of anilines is 6. The van der Waals surface area contributed by atoms with Gasteiger partial charge in [-0.3, -0.25) is 0 Å². The van der Waals surface area contributed by atoms with E-state index in [-0.39, 0.29) is 0 Å². The molecule has 0 aliphatic heterocycles. The number of hydrogen-bond donors (Lipinski definition) is 0. The first kappa shape index (κ1) is 51.7. The minimum Gasteiger partial charge on any atom is -0.455 e. The van der Waals surface area contributed by atoms with Gasteiger partial charge in [0.15, 0.2) is 0 Å². The lowest BCUT2D eigenvalue weighted by molar-refractivity contribution is 0.676. The molecule has 0 aliphatic carbocycles. The van der Waals surface area contributed by atoms with Crippen LogP contribution >= 0.6 is 22.7 Å². The molecule has 0 spiro atoms. The second-order valence-corrected chi connectivity index (χ2v) is 26.0. The van der Waals surface area contributed by atoms with Crippen molar-refractivity contribution in [3.63, 3.8) is 0 Å². The standard InChI is InChI=1S/C86H52N2OS2/c1-3-23-63-54(17-1)19-13-32-64(63)56-39-44-59(45-40-56)88(78-34-14-20-55-18-2-4-24-65(55)78)61-22-15-21-60(50-61)87(62-46-48-80-76(51-62)69-28-11-12-35-79(69)90-80)58-42-37-53(38-43-58)57-41-47-74-82(49-57)91-81-36-16-33-71(83(74)81)75-52-77-84-70-29-8-5-25-66(70)67-26-6-10-31-73(67)86(84)89-85(77)72-30-9-7-27-68(72)75/h1-52H. The minimum atomic E-state index is 0.932. The third-order valence-corrected chi connectivity index (χ3v) is 21.1. The van der Waals surface area contributed by atoms with Crippen LogP contribution in [0.2, 0.25) is 0 Å². The summed E-state index contributed by atoms with van der Waals surface area (Å²) in [7, 11) is 0. The van der Waals surface area contributed by atoms with Gasteiger partial charge >= 0.3 is 0 Å². The zero-order chi connectivity index (χ0) is 59.7. The van der Waals surface area contributed by atoms with Gasteiger partial charge in [0, 0.05) is 95.7 Å². The van der Waals surface area contributed by atoms with Crippen molar-refractivity contribution >= 4 is 173 Å². The van der Waals surface area contributed by atoms with Gasteiger partial charge in [-0.15, -0.1) is 22.7 Å². The highest BCUT2D eigenvalue weighted by Gasteiger charge is 2.24. The highest BCUT2D eigenvalue weighted by Crippen LogP contribution is 2.50. The van der Waals surface area contributed by atoms with E-state index in [9.17, 15) is 0 Å². The molecule has 0 unspecified atom stereocenters. The summed E-state index contributed by atoms with van der Waals surface area (Å²) in [5.41, 5.74) is 15.5. The van der Waals surface area contributed by atoms with E-state index in [1.54, 1.807) is 0 Å². The van der Waals surface area contributed by atoms with E-state index in [0.717, 1.165) is 67.0 Å². The fourth-order valence-corrected chi connectivity index (χ4v) is 16.9. The maximum atomic E-state index is 7.04. The van der Waals surface area contributed by atoms with Crippen molar-refractivity contribution < 1.29 is 4.42 Å². The zero-order valence-electron chi connectivity index (χ0n) is 49.1. The average molecular weight is 1190 g/mol. The molecule has 0 N–H and O–H groups in total. The molecule has 91 heavy (non-hydrogen) atoms. The molecule has 0 saturated heterocycles. The molecule has 0 atom stereocenters. The lowest BCUT2D eigenvalue weighted by Crippen LogP contribution is -2.13. The van der Waals surface area contributed by atoms with Crippen molar-refractivity contribution in [1.29, 1.82) is 0 Å². The van der Waals surface area contributed by atoms with Crippen LogP contribution < -0.4 is 9.80 Å². The lowest BCUT2D eigenvalue weighted by Gasteiger charge is -2.30. The van der Waals surface area contributed by atoms with E-state index in [1.807, 2.05) is 22.7 Å². The highest BCUT2D eigenvalue weighted by molar-refractivity contribution is 7.26. The first-order chi connectivity index (χ1) is 45.1. The third kappa shape index (κ3) is 8.25. The minimum absolute atomic E-state index is 0.932. The lowest BCUT2D eigenvalue weighted by atomic mass is 9.91. The molecule has 0 fully saturated rings. The highest BCUT2D eigenvalue weighted by atomic mass is 32.1. The quantitative estimate of drug-likeness (QED) is 0.134. The smallest absolute Gasteiger partial charge is 0.143 e. The molecular formula is C86H52N2OS2. The normalized spacial score (nSPS) is 12.0. The molecule has 0 saturated carbocycles. The Kier molecular flexibility index (Phi) is 11.7. The second-order valence-electron chi connectivity index (χ2n) is 23.8. The summed E-state index contributed by atoms with van der Waals surface area (Å²) in [5, 5.41) is 19.3. The number of nitrogens with zero attached hydrogens (tertiary/aromatic N) is 2. The molecule has 3 aromatic heterocycles. The van der Waals surface area contributed by atoms with Gasteiger partial charge in [0.05, 0.1) is 5.69 Å². The summed E-state index contributed by atoms with van der Waals surface area (Å²) in [6, 6.07) is 116. The number of rotatable bonds is 9. The van der Waals surface area contributed by atoms with E-state index < -0.39 is 0 Å². The Morgan fingerprint density at radius 1 is 0.220 bits per heavy atom. The largest absolute Gasteiger partial charge is 0.455 e. The first-order valence-corrected chi connectivity index (χ1v) is 32.7. The monoisotopic (exact) mass is 1190 g/mol. The summed E-state index contributed by atoms with van der Waals surface area (Å²) in [4.78, 5) is 4.85. The number of thiophene rings is 2. The van der Waals surface area contributed by atoms with Crippen LogP contribution in [-0.4, -0.2) is 0 Å². The van der Waals surface area contributed by atoms with Crippen LogP contribution in [0.25, 0.3) is 150 Å². The number of hydrogen-bond acceptors (Lipinski definition) is 5. The SMILES string of the molecule is c1cc(N(c2ccc(-c3ccc4c(c3)sc3cccc(-c5cc6c(oc7c8ccccc8c8ccccc8c67)c6ccccc56)c34)cc2)c2ccc3sc4ccccc4c3c2)cc(N(c2ccc(-c3cccc4ccccc34)cc2)c2cccc3ccccc23)c1. The predicted molar refractivity (Wildman–Crippen MR) is 393 cm³/mol. The van der Waals surface area contributed by atoms with Gasteiger partial charge in [-0.1, -0.05) is 224 Å². The Morgan fingerprint density at radius 2 is 0.736 bits per heavy atom. The topological polar surface area (TPSA) is 19.6 Å². The summed E-state index contributed by atoms with van der Waals surface area (Å²) >= 11 is 3.72. The van der Waals surface area contributed by atoms with Gasteiger partial charge in [0.1, 0.15) is 11.2 Å². The molecule has 0 bridgehead atoms. The predicted octanol–water partition coefficient (Wildman–Crippen LogP) is 26.0. The molecule has 0 amide bonds. The molecule has 424 valence electrons. The van der Waals surface area contributed by atoms with E-state index >= 15 is 0 Å². The van der Waals surface area contributed by atoms with Crippen molar-refractivity contribution in [2.24, 2.45) is 0 Å². The molecule has 16 aromatic carbocycles. The van der Waals surface area contributed by atoms with Crippen LogP contribution in [0.5, 0.6) is 0 Å². The second kappa shape index (κ2) is 20.6. The average Bonchev–Trinajstić information content (AvgIpc) is 1.62. The van der Waals surface area contributed by atoms with Crippen LogP contribution in [-0.2, 0) is 0 Å². The molecule has 19 rings (SSSR count). The molecular weight excluding hydrogens is 1140 g/mol. The van der Waals surface area contributed by atoms with Crippen molar-refractivity contribution in [1.82, 2.24) is 0 Å². The molecule has 0 radical (unpaired) electrons. The summed E-state index contributed by atoms with van der Waals surface area (Å²) in [6.07, 6.45) is 0. The Balaban J connectivity index is 0.729. The fourth-order valence-electron chi connectivity index (χ4n) is 14.7. The van der Waals surface area contributed by atoms with Crippen molar-refractivity contribution in [2.45, 2.75) is 0 Å². The molecule has 5 heteroatoms. The van der Waals surface area contributed by atoms with Crippen LogP contribution in [0.15, 0.2) is 320 Å². The van der Waals surface area contributed by atoms with Crippen LogP contribution in [0.3, 0.4) is 0 Å². The number of furan rings is 1. The van der Waals surface area contributed by atoms with Gasteiger partial charge < -0.3 is 14.2 Å². The van der Waals surface area contributed by atoms with Gasteiger partial charge in [0.2, 0.25) is 0 Å². The molecule has 3 nitrogen and oxygen atoms in total. The van der Waals surface area contributed by atoms with Crippen molar-refractivity contribution in [3.05, 3.63) is 315 Å². The summed E-state index contributed by atoms with van der Waals surface area (Å²) < 4.78 is 12.1. The van der Waals surface area contributed by atoms with E-state index in [0.29, 0.717) is 0 Å². The van der Waals surface area contributed by atoms with Crippen molar-refractivity contribution in [3.8, 4) is 33.4 Å². The maximum Gasteiger partial charge on any atom is 0.143 e. The van der Waals surface area contributed by atoms with E-state index in [2.05, 4.69) is 325 Å². The summed E-state index contributed by atoms with van der Waals surface area (Å²) in [5.74, 6) is 0. The first-order valence-electron chi connectivity index (χ1n) is 31.0. The third-order valence-electron chi connectivity index (χ3n) is 18.8. The molecule has 19 aromatic rings. The van der Waals surface area contributed by atoms with Crippen molar-refractivity contribution in [2.75, 3.05) is 9.80 Å². The Morgan fingerprint density at radius 3 is 1.53 bits per heavy atom. The Labute approximate surface area is 532 Å². The Hall–Kier alpha value is -11.3.